The van der Waals surface area contributed by atoms with Crippen molar-refractivity contribution in [1.29, 1.82) is 0 Å². The zero-order valence-electron chi connectivity index (χ0n) is 12.5. The van der Waals surface area contributed by atoms with E-state index in [4.69, 9.17) is 19.9 Å². The molecular weight excluding hydrogens is 272 g/mol. The SMILES string of the molecule is CCOC(=O)c1ccc(N)c(NCC2(OC)CCOC2)c1. The number of nitrogen functional groups attached to an aromatic ring is 1. The Morgan fingerprint density at radius 2 is 2.33 bits per heavy atom. The van der Waals surface area contributed by atoms with Crippen LogP contribution < -0.4 is 11.1 Å². The van der Waals surface area contributed by atoms with E-state index in [1.54, 1.807) is 32.2 Å². The van der Waals surface area contributed by atoms with E-state index in [1.165, 1.54) is 0 Å². The van der Waals surface area contributed by atoms with Crippen LogP contribution in [0.1, 0.15) is 23.7 Å². The van der Waals surface area contributed by atoms with Crippen LogP contribution in [0.2, 0.25) is 0 Å². The predicted molar refractivity (Wildman–Crippen MR) is 80.5 cm³/mol. The van der Waals surface area contributed by atoms with Crippen molar-refractivity contribution in [1.82, 2.24) is 0 Å². The highest BCUT2D eigenvalue weighted by Gasteiger charge is 2.34. The Morgan fingerprint density at radius 3 is 2.95 bits per heavy atom. The molecule has 2 rings (SSSR count). The van der Waals surface area contributed by atoms with Gasteiger partial charge in [0.15, 0.2) is 0 Å². The molecule has 0 aliphatic carbocycles. The molecule has 1 heterocycles. The maximum absolute atomic E-state index is 11.8. The Bertz CT molecular complexity index is 498. The summed E-state index contributed by atoms with van der Waals surface area (Å²) in [4.78, 5) is 11.8. The first-order chi connectivity index (χ1) is 10.1. The number of methoxy groups -OCH3 is 1. The van der Waals surface area contributed by atoms with Crippen LogP contribution in [0.4, 0.5) is 11.4 Å². The molecule has 1 aliphatic heterocycles. The van der Waals surface area contributed by atoms with Gasteiger partial charge in [0.25, 0.3) is 0 Å². The third-order valence-corrected chi connectivity index (χ3v) is 3.67. The van der Waals surface area contributed by atoms with Gasteiger partial charge in [-0.25, -0.2) is 4.79 Å². The van der Waals surface area contributed by atoms with Gasteiger partial charge < -0.3 is 25.3 Å². The average Bonchev–Trinajstić information content (AvgIpc) is 2.96. The molecule has 0 amide bonds. The van der Waals surface area contributed by atoms with Gasteiger partial charge in [0.05, 0.1) is 30.2 Å². The Balaban J connectivity index is 2.08. The lowest BCUT2D eigenvalue weighted by molar-refractivity contribution is -0.00618. The summed E-state index contributed by atoms with van der Waals surface area (Å²) in [5.74, 6) is -0.355. The molecule has 1 aromatic rings. The standard InChI is InChI=1S/C15H22N2O4/c1-3-21-14(18)11-4-5-12(16)13(8-11)17-9-15(19-2)6-7-20-10-15/h4-5,8,17H,3,6-7,9-10,16H2,1-2H3. The number of nitrogens with one attached hydrogen (secondary N) is 1. The van der Waals surface area contributed by atoms with Gasteiger partial charge in [0.2, 0.25) is 0 Å². The molecular formula is C15H22N2O4. The van der Waals surface area contributed by atoms with Crippen LogP contribution in [-0.4, -0.2) is 45.0 Å². The van der Waals surface area contributed by atoms with Gasteiger partial charge in [-0.15, -0.1) is 0 Å². The van der Waals surface area contributed by atoms with E-state index in [1.807, 2.05) is 0 Å². The molecule has 6 nitrogen and oxygen atoms in total. The highest BCUT2D eigenvalue weighted by atomic mass is 16.5. The second-order valence-corrected chi connectivity index (χ2v) is 5.07. The van der Waals surface area contributed by atoms with Crippen LogP contribution in [0.5, 0.6) is 0 Å². The fourth-order valence-corrected chi connectivity index (χ4v) is 2.27. The molecule has 21 heavy (non-hydrogen) atoms. The van der Waals surface area contributed by atoms with Crippen molar-refractivity contribution in [2.45, 2.75) is 18.9 Å². The number of rotatable bonds is 6. The molecule has 0 aromatic heterocycles. The third-order valence-electron chi connectivity index (χ3n) is 3.67. The molecule has 1 atom stereocenters. The summed E-state index contributed by atoms with van der Waals surface area (Å²) in [7, 11) is 1.68. The molecule has 0 bridgehead atoms. The summed E-state index contributed by atoms with van der Waals surface area (Å²) in [6.07, 6.45) is 0.827. The van der Waals surface area contributed by atoms with Crippen molar-refractivity contribution in [2.24, 2.45) is 0 Å². The minimum absolute atomic E-state index is 0.341. The van der Waals surface area contributed by atoms with E-state index in [0.29, 0.717) is 43.3 Å². The smallest absolute Gasteiger partial charge is 0.338 e. The zero-order valence-corrected chi connectivity index (χ0v) is 12.5. The quantitative estimate of drug-likeness (QED) is 0.613. The summed E-state index contributed by atoms with van der Waals surface area (Å²) in [5, 5.41) is 3.25. The van der Waals surface area contributed by atoms with Crippen molar-refractivity contribution in [2.75, 3.05) is 44.5 Å². The summed E-state index contributed by atoms with van der Waals surface area (Å²) < 4.78 is 15.9. The molecule has 0 radical (unpaired) electrons. The molecule has 1 aromatic carbocycles. The second-order valence-electron chi connectivity index (χ2n) is 5.07. The van der Waals surface area contributed by atoms with Crippen molar-refractivity contribution in [3.63, 3.8) is 0 Å². The van der Waals surface area contributed by atoms with E-state index in [2.05, 4.69) is 5.32 Å². The van der Waals surface area contributed by atoms with Crippen LogP contribution in [0.3, 0.4) is 0 Å². The number of hydrogen-bond donors (Lipinski definition) is 2. The van der Waals surface area contributed by atoms with Gasteiger partial charge in [0.1, 0.15) is 5.60 Å². The second kappa shape index (κ2) is 6.78. The largest absolute Gasteiger partial charge is 0.462 e. The highest BCUT2D eigenvalue weighted by molar-refractivity contribution is 5.92. The first-order valence-corrected chi connectivity index (χ1v) is 7.03. The van der Waals surface area contributed by atoms with E-state index in [0.717, 1.165) is 6.42 Å². The molecule has 116 valence electrons. The minimum Gasteiger partial charge on any atom is -0.462 e. The van der Waals surface area contributed by atoms with Gasteiger partial charge >= 0.3 is 5.97 Å². The number of benzene rings is 1. The number of nitrogens with two attached hydrogens (primary N) is 1. The van der Waals surface area contributed by atoms with Crippen molar-refractivity contribution >= 4 is 17.3 Å². The van der Waals surface area contributed by atoms with Gasteiger partial charge in [0, 0.05) is 26.7 Å². The highest BCUT2D eigenvalue weighted by Crippen LogP contribution is 2.26. The maximum Gasteiger partial charge on any atom is 0.338 e. The Labute approximate surface area is 124 Å². The third kappa shape index (κ3) is 3.65. The van der Waals surface area contributed by atoms with Gasteiger partial charge in [-0.3, -0.25) is 0 Å². The number of hydrogen-bond acceptors (Lipinski definition) is 6. The molecule has 6 heteroatoms. The molecule has 1 aliphatic rings. The van der Waals surface area contributed by atoms with Crippen LogP contribution >= 0.6 is 0 Å². The number of esters is 1. The van der Waals surface area contributed by atoms with Crippen LogP contribution in [0.25, 0.3) is 0 Å². The van der Waals surface area contributed by atoms with E-state index >= 15 is 0 Å². The Kier molecular flexibility index (Phi) is 5.03. The summed E-state index contributed by atoms with van der Waals surface area (Å²) in [5.41, 5.74) is 7.36. The van der Waals surface area contributed by atoms with Crippen molar-refractivity contribution in [3.8, 4) is 0 Å². The lowest BCUT2D eigenvalue weighted by Crippen LogP contribution is -2.39. The number of carbonyl (C=O) groups excluding carboxylic acids is 1. The summed E-state index contributed by atoms with van der Waals surface area (Å²) >= 11 is 0. The molecule has 1 unspecified atom stereocenters. The molecule has 3 N–H and O–H groups in total. The predicted octanol–water partition coefficient (Wildman–Crippen LogP) is 1.66. The molecule has 0 spiro atoms. The first kappa shape index (κ1) is 15.6. The lowest BCUT2D eigenvalue weighted by Gasteiger charge is -2.26. The first-order valence-electron chi connectivity index (χ1n) is 7.03. The zero-order chi connectivity index (χ0) is 15.3. The average molecular weight is 294 g/mol. The fourth-order valence-electron chi connectivity index (χ4n) is 2.27. The topological polar surface area (TPSA) is 82.8 Å². The lowest BCUT2D eigenvalue weighted by atomic mass is 10.0. The number of ether oxygens (including phenoxy) is 3. The van der Waals surface area contributed by atoms with Crippen molar-refractivity contribution in [3.05, 3.63) is 23.8 Å². The number of carbonyl (C=O) groups is 1. The summed E-state index contributed by atoms with van der Waals surface area (Å²) in [6.45, 7) is 3.93. The molecule has 1 fully saturated rings. The van der Waals surface area contributed by atoms with Crippen LogP contribution in [-0.2, 0) is 14.2 Å². The van der Waals surface area contributed by atoms with E-state index < -0.39 is 0 Å². The van der Waals surface area contributed by atoms with Crippen molar-refractivity contribution < 1.29 is 19.0 Å². The minimum atomic E-state index is -0.355. The number of anilines is 2. The van der Waals surface area contributed by atoms with E-state index in [-0.39, 0.29) is 11.6 Å². The van der Waals surface area contributed by atoms with Gasteiger partial charge in [-0.2, -0.15) is 0 Å². The monoisotopic (exact) mass is 294 g/mol. The Morgan fingerprint density at radius 1 is 1.52 bits per heavy atom. The van der Waals surface area contributed by atoms with Gasteiger partial charge in [-0.1, -0.05) is 0 Å². The maximum atomic E-state index is 11.8. The van der Waals surface area contributed by atoms with E-state index in [9.17, 15) is 4.79 Å². The van der Waals surface area contributed by atoms with Crippen LogP contribution in [0.15, 0.2) is 18.2 Å². The van der Waals surface area contributed by atoms with Gasteiger partial charge in [-0.05, 0) is 25.1 Å². The molecule has 0 saturated carbocycles. The fraction of sp³-hybridized carbons (Fsp3) is 0.533. The molecule has 1 saturated heterocycles. The normalized spacial score (nSPS) is 21.2. The summed E-state index contributed by atoms with van der Waals surface area (Å²) in [6, 6.07) is 5.05. The van der Waals surface area contributed by atoms with Crippen LogP contribution in [0, 0.1) is 0 Å². The Hall–Kier alpha value is -1.79.